The molecule has 1 N–H and O–H groups in total. The van der Waals surface area contributed by atoms with Crippen molar-refractivity contribution in [3.63, 3.8) is 0 Å². The first-order valence-electron chi connectivity index (χ1n) is 7.29. The Labute approximate surface area is 132 Å². The molecule has 0 atom stereocenters. The Bertz CT molecular complexity index is 924. The van der Waals surface area contributed by atoms with Crippen LogP contribution in [0.25, 0.3) is 11.0 Å². The Morgan fingerprint density at radius 3 is 3.00 bits per heavy atom. The number of pyridine rings is 1. The van der Waals surface area contributed by atoms with Crippen LogP contribution >= 0.6 is 0 Å². The van der Waals surface area contributed by atoms with Gasteiger partial charge in [-0.2, -0.15) is 4.98 Å². The Morgan fingerprint density at radius 2 is 2.13 bits per heavy atom. The Kier molecular flexibility index (Phi) is 3.15. The van der Waals surface area contributed by atoms with Crippen LogP contribution in [0.15, 0.2) is 36.7 Å². The fourth-order valence-electron chi connectivity index (χ4n) is 2.82. The molecule has 1 aromatic carbocycles. The molecule has 0 saturated carbocycles. The smallest absolute Gasteiger partial charge is 0.228 e. The SMILES string of the molecule is COc1ccc2c(Cc3ccc4c(c3)CC(=O)N4)ncnc2n1. The average molecular weight is 306 g/mol. The van der Waals surface area contributed by atoms with Crippen LogP contribution in [0.3, 0.4) is 0 Å². The van der Waals surface area contributed by atoms with E-state index < -0.39 is 0 Å². The summed E-state index contributed by atoms with van der Waals surface area (Å²) in [7, 11) is 1.58. The molecule has 23 heavy (non-hydrogen) atoms. The second kappa shape index (κ2) is 5.31. The second-order valence-electron chi connectivity index (χ2n) is 5.44. The second-order valence-corrected chi connectivity index (χ2v) is 5.44. The third-order valence-corrected chi connectivity index (χ3v) is 3.93. The zero-order chi connectivity index (χ0) is 15.8. The molecule has 114 valence electrons. The van der Waals surface area contributed by atoms with Crippen LogP contribution < -0.4 is 10.1 Å². The quantitative estimate of drug-likeness (QED) is 0.802. The Morgan fingerprint density at radius 1 is 1.22 bits per heavy atom. The highest BCUT2D eigenvalue weighted by Crippen LogP contribution is 2.26. The fraction of sp³-hybridized carbons (Fsp3) is 0.176. The third kappa shape index (κ3) is 2.48. The Hall–Kier alpha value is -3.02. The molecule has 0 radical (unpaired) electrons. The van der Waals surface area contributed by atoms with Gasteiger partial charge in [0.05, 0.1) is 19.2 Å². The standard InChI is InChI=1S/C17H14N4O2/c1-23-16-5-3-12-14(18-9-19-17(12)21-16)7-10-2-4-13-11(6-10)8-15(22)20-13/h2-6,9H,7-8H2,1H3,(H,20,22). The number of carbonyl (C=O) groups is 1. The molecular formula is C17H14N4O2. The van der Waals surface area contributed by atoms with E-state index in [1.165, 1.54) is 6.33 Å². The van der Waals surface area contributed by atoms with E-state index in [2.05, 4.69) is 26.3 Å². The summed E-state index contributed by atoms with van der Waals surface area (Å²) in [6.45, 7) is 0. The topological polar surface area (TPSA) is 77.0 Å². The maximum absolute atomic E-state index is 11.5. The van der Waals surface area contributed by atoms with Gasteiger partial charge in [-0.1, -0.05) is 12.1 Å². The molecule has 1 amide bonds. The van der Waals surface area contributed by atoms with Crippen LogP contribution in [-0.2, 0) is 17.6 Å². The number of rotatable bonds is 3. The van der Waals surface area contributed by atoms with Crippen molar-refractivity contribution >= 4 is 22.6 Å². The van der Waals surface area contributed by atoms with Gasteiger partial charge in [0.25, 0.3) is 0 Å². The van der Waals surface area contributed by atoms with E-state index in [4.69, 9.17) is 4.74 Å². The predicted molar refractivity (Wildman–Crippen MR) is 85.5 cm³/mol. The van der Waals surface area contributed by atoms with Gasteiger partial charge >= 0.3 is 0 Å². The third-order valence-electron chi connectivity index (χ3n) is 3.93. The zero-order valence-electron chi connectivity index (χ0n) is 12.5. The van der Waals surface area contributed by atoms with E-state index in [0.29, 0.717) is 24.4 Å². The molecule has 6 heteroatoms. The highest BCUT2D eigenvalue weighted by atomic mass is 16.5. The number of carbonyl (C=O) groups excluding carboxylic acids is 1. The summed E-state index contributed by atoms with van der Waals surface area (Å²) < 4.78 is 5.13. The molecule has 2 aromatic heterocycles. The number of methoxy groups -OCH3 is 1. The zero-order valence-corrected chi connectivity index (χ0v) is 12.5. The normalized spacial score (nSPS) is 13.0. The van der Waals surface area contributed by atoms with E-state index in [-0.39, 0.29) is 5.91 Å². The number of ether oxygens (including phenoxy) is 1. The molecule has 1 aliphatic heterocycles. The molecule has 0 saturated heterocycles. The average Bonchev–Trinajstić information content (AvgIpc) is 2.94. The maximum atomic E-state index is 11.5. The first-order chi connectivity index (χ1) is 11.2. The van der Waals surface area contributed by atoms with Crippen molar-refractivity contribution < 1.29 is 9.53 Å². The van der Waals surface area contributed by atoms with Crippen LogP contribution in [0, 0.1) is 0 Å². The van der Waals surface area contributed by atoms with Gasteiger partial charge < -0.3 is 10.1 Å². The summed E-state index contributed by atoms with van der Waals surface area (Å²) >= 11 is 0. The van der Waals surface area contributed by atoms with Crippen molar-refractivity contribution in [2.45, 2.75) is 12.8 Å². The van der Waals surface area contributed by atoms with Crippen molar-refractivity contribution in [2.24, 2.45) is 0 Å². The molecule has 0 fully saturated rings. The lowest BCUT2D eigenvalue weighted by molar-refractivity contribution is -0.115. The van der Waals surface area contributed by atoms with E-state index in [9.17, 15) is 4.79 Å². The molecule has 0 aliphatic carbocycles. The molecule has 0 spiro atoms. The number of amides is 1. The monoisotopic (exact) mass is 306 g/mol. The first-order valence-corrected chi connectivity index (χ1v) is 7.29. The number of hydrogen-bond donors (Lipinski definition) is 1. The van der Waals surface area contributed by atoms with Gasteiger partial charge in [0.1, 0.15) is 6.33 Å². The number of benzene rings is 1. The Balaban J connectivity index is 1.71. The van der Waals surface area contributed by atoms with Crippen LogP contribution in [0.5, 0.6) is 5.88 Å². The van der Waals surface area contributed by atoms with E-state index in [1.54, 1.807) is 13.2 Å². The minimum Gasteiger partial charge on any atom is -0.481 e. The fourth-order valence-corrected chi connectivity index (χ4v) is 2.82. The van der Waals surface area contributed by atoms with Gasteiger partial charge in [-0.05, 0) is 23.3 Å². The number of nitrogens with one attached hydrogen (secondary N) is 1. The minimum absolute atomic E-state index is 0.0425. The lowest BCUT2D eigenvalue weighted by atomic mass is 10.0. The number of anilines is 1. The van der Waals surface area contributed by atoms with E-state index in [1.807, 2.05) is 18.2 Å². The molecule has 6 nitrogen and oxygen atoms in total. The molecule has 0 unspecified atom stereocenters. The predicted octanol–water partition coefficient (Wildman–Crippen LogP) is 2.12. The van der Waals surface area contributed by atoms with E-state index in [0.717, 1.165) is 27.9 Å². The first kappa shape index (κ1) is 13.6. The number of fused-ring (bicyclic) bond motifs is 2. The number of nitrogens with zero attached hydrogens (tertiary/aromatic N) is 3. The van der Waals surface area contributed by atoms with Crippen LogP contribution in [0.1, 0.15) is 16.8 Å². The maximum Gasteiger partial charge on any atom is 0.228 e. The van der Waals surface area contributed by atoms with Gasteiger partial charge in [-0.15, -0.1) is 0 Å². The van der Waals surface area contributed by atoms with Gasteiger partial charge in [-0.25, -0.2) is 9.97 Å². The summed E-state index contributed by atoms with van der Waals surface area (Å²) in [5.41, 5.74) is 4.56. The summed E-state index contributed by atoms with van der Waals surface area (Å²) in [6, 6.07) is 9.74. The van der Waals surface area contributed by atoms with Crippen molar-refractivity contribution in [1.29, 1.82) is 0 Å². The van der Waals surface area contributed by atoms with Gasteiger partial charge in [0.2, 0.25) is 11.8 Å². The van der Waals surface area contributed by atoms with Crippen LogP contribution in [0.2, 0.25) is 0 Å². The largest absolute Gasteiger partial charge is 0.481 e. The molecular weight excluding hydrogens is 292 g/mol. The number of hydrogen-bond acceptors (Lipinski definition) is 5. The molecule has 4 rings (SSSR count). The van der Waals surface area contributed by atoms with Crippen molar-refractivity contribution in [3.8, 4) is 5.88 Å². The molecule has 1 aliphatic rings. The number of aromatic nitrogens is 3. The van der Waals surface area contributed by atoms with E-state index >= 15 is 0 Å². The summed E-state index contributed by atoms with van der Waals surface area (Å²) in [5, 5.41) is 3.75. The highest BCUT2D eigenvalue weighted by Gasteiger charge is 2.17. The summed E-state index contributed by atoms with van der Waals surface area (Å²) in [5.74, 6) is 0.574. The molecule has 3 heterocycles. The molecule has 0 bridgehead atoms. The summed E-state index contributed by atoms with van der Waals surface area (Å²) in [4.78, 5) is 24.4. The minimum atomic E-state index is 0.0425. The molecule has 3 aromatic rings. The van der Waals surface area contributed by atoms with Crippen molar-refractivity contribution in [2.75, 3.05) is 12.4 Å². The van der Waals surface area contributed by atoms with Crippen molar-refractivity contribution in [1.82, 2.24) is 15.0 Å². The lowest BCUT2D eigenvalue weighted by Gasteiger charge is -2.07. The highest BCUT2D eigenvalue weighted by molar-refractivity contribution is 5.99. The van der Waals surface area contributed by atoms with Crippen LogP contribution in [0.4, 0.5) is 5.69 Å². The van der Waals surface area contributed by atoms with Crippen LogP contribution in [-0.4, -0.2) is 28.0 Å². The summed E-state index contributed by atoms with van der Waals surface area (Å²) in [6.07, 6.45) is 2.61. The van der Waals surface area contributed by atoms with Gasteiger partial charge in [-0.3, -0.25) is 4.79 Å². The van der Waals surface area contributed by atoms with Gasteiger partial charge in [0, 0.05) is 23.6 Å². The van der Waals surface area contributed by atoms with Gasteiger partial charge in [0.15, 0.2) is 5.65 Å². The lowest BCUT2D eigenvalue weighted by Crippen LogP contribution is -2.03. The van der Waals surface area contributed by atoms with Crippen molar-refractivity contribution in [3.05, 3.63) is 53.5 Å².